The number of aryl methyl sites for hydroxylation is 1. The summed E-state index contributed by atoms with van der Waals surface area (Å²) in [6.45, 7) is 0.736. The van der Waals surface area contributed by atoms with Crippen molar-refractivity contribution in [1.29, 1.82) is 0 Å². The van der Waals surface area contributed by atoms with Gasteiger partial charge in [-0.1, -0.05) is 52.9 Å². The first-order chi connectivity index (χ1) is 13.9. The number of carbonyl (C=O) groups is 1. The molecule has 0 aliphatic rings. The van der Waals surface area contributed by atoms with Gasteiger partial charge in [0.05, 0.1) is 10.9 Å². The van der Waals surface area contributed by atoms with E-state index in [1.54, 1.807) is 19.1 Å². The summed E-state index contributed by atoms with van der Waals surface area (Å²) in [6, 6.07) is 13.9. The molecule has 1 aromatic heterocycles. The predicted molar refractivity (Wildman–Crippen MR) is 111 cm³/mol. The fraction of sp³-hybridized carbons (Fsp3) is 0.211. The molecule has 2 N–H and O–H groups in total. The SMILES string of the molecule is Cc1ccc(Nc2nnc(SC(C)C(=O)Nc3ccccc3OC(F)F)s2)cc1. The molecule has 3 rings (SSSR count). The van der Waals surface area contributed by atoms with Gasteiger partial charge in [0.15, 0.2) is 4.34 Å². The molecule has 2 aromatic carbocycles. The summed E-state index contributed by atoms with van der Waals surface area (Å²) in [5.74, 6) is -0.447. The van der Waals surface area contributed by atoms with Gasteiger partial charge in [0.1, 0.15) is 5.75 Å². The Morgan fingerprint density at radius 3 is 2.59 bits per heavy atom. The molecule has 0 saturated heterocycles. The van der Waals surface area contributed by atoms with Crippen molar-refractivity contribution in [3.05, 3.63) is 54.1 Å². The largest absolute Gasteiger partial charge is 0.433 e. The molecule has 0 aliphatic carbocycles. The third-order valence-corrected chi connectivity index (χ3v) is 5.74. The van der Waals surface area contributed by atoms with Crippen molar-refractivity contribution in [2.45, 2.75) is 30.0 Å². The topological polar surface area (TPSA) is 76.1 Å². The fourth-order valence-electron chi connectivity index (χ4n) is 2.28. The molecule has 1 unspecified atom stereocenters. The highest BCUT2D eigenvalue weighted by molar-refractivity contribution is 8.02. The Labute approximate surface area is 174 Å². The van der Waals surface area contributed by atoms with Crippen molar-refractivity contribution < 1.29 is 18.3 Å². The number of aromatic nitrogens is 2. The summed E-state index contributed by atoms with van der Waals surface area (Å²) in [4.78, 5) is 12.5. The maximum atomic E-state index is 12.5. The minimum Gasteiger partial charge on any atom is -0.433 e. The van der Waals surface area contributed by atoms with Gasteiger partial charge in [0.25, 0.3) is 0 Å². The average molecular weight is 437 g/mol. The highest BCUT2D eigenvalue weighted by Crippen LogP contribution is 2.32. The molecule has 6 nitrogen and oxygen atoms in total. The number of hydrogen-bond acceptors (Lipinski definition) is 7. The minimum absolute atomic E-state index is 0.0893. The number of nitrogens with zero attached hydrogens (tertiary/aromatic N) is 2. The number of ether oxygens (including phenoxy) is 1. The van der Waals surface area contributed by atoms with Crippen LogP contribution < -0.4 is 15.4 Å². The van der Waals surface area contributed by atoms with Crippen LogP contribution in [0.1, 0.15) is 12.5 Å². The first-order valence-corrected chi connectivity index (χ1v) is 10.3. The van der Waals surface area contributed by atoms with Gasteiger partial charge in [-0.3, -0.25) is 4.79 Å². The quantitative estimate of drug-likeness (QED) is 0.466. The zero-order valence-electron chi connectivity index (χ0n) is 15.6. The van der Waals surface area contributed by atoms with Crippen LogP contribution in [0.3, 0.4) is 0 Å². The second-order valence-electron chi connectivity index (χ2n) is 5.99. The lowest BCUT2D eigenvalue weighted by molar-refractivity contribution is -0.115. The van der Waals surface area contributed by atoms with Crippen LogP contribution in [-0.2, 0) is 4.79 Å². The Bertz CT molecular complexity index is 967. The molecule has 1 amide bonds. The average Bonchev–Trinajstić information content (AvgIpc) is 3.11. The van der Waals surface area contributed by atoms with E-state index in [2.05, 4.69) is 25.6 Å². The molecule has 1 heterocycles. The van der Waals surface area contributed by atoms with E-state index in [1.165, 1.54) is 35.2 Å². The van der Waals surface area contributed by atoms with Crippen LogP contribution in [0, 0.1) is 6.92 Å². The number of carbonyl (C=O) groups excluding carboxylic acids is 1. The van der Waals surface area contributed by atoms with E-state index in [0.29, 0.717) is 9.47 Å². The smallest absolute Gasteiger partial charge is 0.387 e. The monoisotopic (exact) mass is 436 g/mol. The lowest BCUT2D eigenvalue weighted by atomic mass is 10.2. The second-order valence-corrected chi connectivity index (χ2v) is 8.55. The van der Waals surface area contributed by atoms with Crippen LogP contribution in [-0.4, -0.2) is 28.0 Å². The third-order valence-electron chi connectivity index (χ3n) is 3.72. The number of alkyl halides is 2. The Morgan fingerprint density at radius 1 is 1.14 bits per heavy atom. The normalized spacial score (nSPS) is 11.9. The van der Waals surface area contributed by atoms with E-state index in [1.807, 2.05) is 31.2 Å². The summed E-state index contributed by atoms with van der Waals surface area (Å²) in [5, 5.41) is 14.0. The Balaban J connectivity index is 1.59. The van der Waals surface area contributed by atoms with Crippen LogP contribution in [0.2, 0.25) is 0 Å². The Hall–Kier alpha value is -2.72. The van der Waals surface area contributed by atoms with Crippen molar-refractivity contribution in [3.8, 4) is 5.75 Å². The van der Waals surface area contributed by atoms with Crippen molar-refractivity contribution in [2.75, 3.05) is 10.6 Å². The fourth-order valence-corrected chi connectivity index (χ4v) is 4.19. The van der Waals surface area contributed by atoms with Crippen LogP contribution in [0.4, 0.5) is 25.3 Å². The summed E-state index contributed by atoms with van der Waals surface area (Å²) >= 11 is 2.55. The molecule has 152 valence electrons. The van der Waals surface area contributed by atoms with Crippen molar-refractivity contribution in [2.24, 2.45) is 0 Å². The van der Waals surface area contributed by atoms with Crippen LogP contribution >= 0.6 is 23.1 Å². The van der Waals surface area contributed by atoms with Gasteiger partial charge in [-0.05, 0) is 38.1 Å². The lowest BCUT2D eigenvalue weighted by Gasteiger charge is -2.14. The number of amides is 1. The standard InChI is InChI=1S/C19H18F2N4O2S2/c1-11-7-9-13(10-8-11)22-18-24-25-19(29-18)28-12(2)16(26)23-14-5-3-4-6-15(14)27-17(20)21/h3-10,12,17H,1-2H3,(H,22,24)(H,23,26). The molecule has 10 heteroatoms. The number of anilines is 3. The zero-order chi connectivity index (χ0) is 20.8. The van der Waals surface area contributed by atoms with Crippen LogP contribution in [0.5, 0.6) is 5.75 Å². The summed E-state index contributed by atoms with van der Waals surface area (Å²) in [5.41, 5.74) is 2.23. The van der Waals surface area contributed by atoms with Gasteiger partial charge in [-0.15, -0.1) is 10.2 Å². The summed E-state index contributed by atoms with van der Waals surface area (Å²) < 4.78 is 30.0. The van der Waals surface area contributed by atoms with Crippen molar-refractivity contribution >= 4 is 45.5 Å². The first kappa shape index (κ1) is 21.0. The number of rotatable bonds is 8. The number of thioether (sulfide) groups is 1. The Morgan fingerprint density at radius 2 is 1.86 bits per heavy atom. The molecule has 0 bridgehead atoms. The van der Waals surface area contributed by atoms with Crippen molar-refractivity contribution in [3.63, 3.8) is 0 Å². The van der Waals surface area contributed by atoms with E-state index in [4.69, 9.17) is 0 Å². The van der Waals surface area contributed by atoms with E-state index in [9.17, 15) is 13.6 Å². The highest BCUT2D eigenvalue weighted by Gasteiger charge is 2.19. The van der Waals surface area contributed by atoms with Gasteiger partial charge in [0, 0.05) is 5.69 Å². The molecular formula is C19H18F2N4O2S2. The van der Waals surface area contributed by atoms with Gasteiger partial charge < -0.3 is 15.4 Å². The lowest BCUT2D eigenvalue weighted by Crippen LogP contribution is -2.23. The number of benzene rings is 2. The zero-order valence-corrected chi connectivity index (χ0v) is 17.2. The number of hydrogen-bond donors (Lipinski definition) is 2. The van der Waals surface area contributed by atoms with Gasteiger partial charge in [0.2, 0.25) is 11.0 Å². The minimum atomic E-state index is -2.97. The second kappa shape index (κ2) is 9.66. The molecule has 0 aliphatic heterocycles. The maximum Gasteiger partial charge on any atom is 0.387 e. The van der Waals surface area contributed by atoms with E-state index < -0.39 is 11.9 Å². The Kier molecular flexibility index (Phi) is 6.99. The molecule has 0 saturated carbocycles. The molecule has 0 fully saturated rings. The summed E-state index contributed by atoms with van der Waals surface area (Å²) in [6.07, 6.45) is 0. The third kappa shape index (κ3) is 6.13. The summed E-state index contributed by atoms with van der Waals surface area (Å²) in [7, 11) is 0. The molecule has 0 spiro atoms. The maximum absolute atomic E-state index is 12.5. The number of nitrogens with one attached hydrogen (secondary N) is 2. The van der Waals surface area contributed by atoms with E-state index in [0.717, 1.165) is 11.3 Å². The van der Waals surface area contributed by atoms with Gasteiger partial charge >= 0.3 is 6.61 Å². The molecule has 29 heavy (non-hydrogen) atoms. The highest BCUT2D eigenvalue weighted by atomic mass is 32.2. The van der Waals surface area contributed by atoms with Crippen molar-refractivity contribution in [1.82, 2.24) is 10.2 Å². The van der Waals surface area contributed by atoms with E-state index in [-0.39, 0.29) is 17.3 Å². The van der Waals surface area contributed by atoms with Crippen LogP contribution in [0.25, 0.3) is 0 Å². The number of halogens is 2. The molecule has 3 aromatic rings. The van der Waals surface area contributed by atoms with Gasteiger partial charge in [-0.25, -0.2) is 0 Å². The van der Waals surface area contributed by atoms with Crippen LogP contribution in [0.15, 0.2) is 52.9 Å². The molecule has 0 radical (unpaired) electrons. The molecular weight excluding hydrogens is 418 g/mol. The first-order valence-electron chi connectivity index (χ1n) is 8.59. The predicted octanol–water partition coefficient (Wildman–Crippen LogP) is 5.31. The molecule has 1 atom stereocenters. The van der Waals surface area contributed by atoms with E-state index >= 15 is 0 Å². The number of para-hydroxylation sites is 2. The van der Waals surface area contributed by atoms with Gasteiger partial charge in [-0.2, -0.15) is 8.78 Å².